The molecule has 0 radical (unpaired) electrons. The Bertz CT molecular complexity index is 670. The molecule has 26 heavy (non-hydrogen) atoms. The lowest BCUT2D eigenvalue weighted by atomic mass is 9.88. The minimum Gasteiger partial charge on any atom is -0.481 e. The topological polar surface area (TPSA) is 95.5 Å². The van der Waals surface area contributed by atoms with Crippen molar-refractivity contribution in [2.45, 2.75) is 58.9 Å². The molecule has 1 aromatic rings. The number of carbonyl (C=O) groups excluding carboxylic acids is 2. The van der Waals surface area contributed by atoms with Crippen LogP contribution >= 0.6 is 11.6 Å². The van der Waals surface area contributed by atoms with Crippen LogP contribution in [0.25, 0.3) is 0 Å². The van der Waals surface area contributed by atoms with Crippen LogP contribution in [0.3, 0.4) is 0 Å². The number of aliphatic carboxylic acids is 1. The quantitative estimate of drug-likeness (QED) is 0.599. The van der Waals surface area contributed by atoms with Crippen molar-refractivity contribution in [3.63, 3.8) is 0 Å². The van der Waals surface area contributed by atoms with Gasteiger partial charge in [0, 0.05) is 12.1 Å². The Kier molecular flexibility index (Phi) is 8.08. The number of amides is 2. The van der Waals surface area contributed by atoms with E-state index < -0.39 is 17.4 Å². The summed E-state index contributed by atoms with van der Waals surface area (Å²) in [7, 11) is 0. The first-order valence-electron chi connectivity index (χ1n) is 8.76. The summed E-state index contributed by atoms with van der Waals surface area (Å²) in [5.41, 5.74) is -0.170. The summed E-state index contributed by atoms with van der Waals surface area (Å²) in [4.78, 5) is 35.8. The zero-order valence-electron chi connectivity index (χ0n) is 15.7. The molecular weight excluding hydrogens is 356 g/mol. The SMILES string of the molecule is CCC(CC)(CC(=O)O)NC(=O)c1cc(NC(=O)CC(C)C)ccc1Cl. The van der Waals surface area contributed by atoms with E-state index in [-0.39, 0.29) is 28.8 Å². The second kappa shape index (κ2) is 9.57. The molecule has 0 aromatic heterocycles. The number of anilines is 1. The summed E-state index contributed by atoms with van der Waals surface area (Å²) in [5, 5.41) is 14.9. The number of halogens is 1. The summed E-state index contributed by atoms with van der Waals surface area (Å²) >= 11 is 6.14. The van der Waals surface area contributed by atoms with Crippen molar-refractivity contribution in [3.05, 3.63) is 28.8 Å². The molecule has 1 rings (SSSR count). The number of carbonyl (C=O) groups is 3. The molecule has 2 amide bonds. The first-order chi connectivity index (χ1) is 12.1. The van der Waals surface area contributed by atoms with Crippen molar-refractivity contribution in [1.29, 1.82) is 0 Å². The molecule has 7 heteroatoms. The average Bonchev–Trinajstić information content (AvgIpc) is 2.54. The summed E-state index contributed by atoms with van der Waals surface area (Å²) in [6.45, 7) is 7.55. The number of carboxylic acids is 1. The fourth-order valence-corrected chi connectivity index (χ4v) is 2.88. The molecule has 0 unspecified atom stereocenters. The van der Waals surface area contributed by atoms with Crippen LogP contribution in [0.2, 0.25) is 5.02 Å². The van der Waals surface area contributed by atoms with Gasteiger partial charge in [0.05, 0.1) is 22.5 Å². The zero-order chi connectivity index (χ0) is 19.9. The molecule has 6 nitrogen and oxygen atoms in total. The van der Waals surface area contributed by atoms with E-state index in [1.54, 1.807) is 6.07 Å². The second-order valence-electron chi connectivity index (χ2n) is 6.85. The molecule has 3 N–H and O–H groups in total. The Morgan fingerprint density at radius 3 is 2.31 bits per heavy atom. The summed E-state index contributed by atoms with van der Waals surface area (Å²) in [6, 6.07) is 4.67. The van der Waals surface area contributed by atoms with Gasteiger partial charge >= 0.3 is 5.97 Å². The van der Waals surface area contributed by atoms with Gasteiger partial charge in [-0.3, -0.25) is 14.4 Å². The zero-order valence-corrected chi connectivity index (χ0v) is 16.4. The van der Waals surface area contributed by atoms with Crippen molar-refractivity contribution in [2.24, 2.45) is 5.92 Å². The first kappa shape index (κ1) is 22.0. The third-order valence-electron chi connectivity index (χ3n) is 4.31. The van der Waals surface area contributed by atoms with E-state index in [0.717, 1.165) is 0 Å². The lowest BCUT2D eigenvalue weighted by Crippen LogP contribution is -2.49. The fourth-order valence-electron chi connectivity index (χ4n) is 2.68. The van der Waals surface area contributed by atoms with Crippen LogP contribution in [-0.4, -0.2) is 28.4 Å². The van der Waals surface area contributed by atoms with Gasteiger partial charge in [0.1, 0.15) is 0 Å². The minimum absolute atomic E-state index is 0.143. The van der Waals surface area contributed by atoms with Gasteiger partial charge in [-0.25, -0.2) is 0 Å². The Morgan fingerprint density at radius 1 is 1.19 bits per heavy atom. The van der Waals surface area contributed by atoms with E-state index in [1.165, 1.54) is 12.1 Å². The molecule has 144 valence electrons. The van der Waals surface area contributed by atoms with Crippen LogP contribution in [0.5, 0.6) is 0 Å². The van der Waals surface area contributed by atoms with Crippen LogP contribution in [0, 0.1) is 5.92 Å². The molecular formula is C19H27ClN2O4. The van der Waals surface area contributed by atoms with Crippen molar-refractivity contribution in [2.75, 3.05) is 5.32 Å². The molecule has 0 aliphatic heterocycles. The van der Waals surface area contributed by atoms with E-state index >= 15 is 0 Å². The van der Waals surface area contributed by atoms with Crippen molar-refractivity contribution < 1.29 is 19.5 Å². The van der Waals surface area contributed by atoms with E-state index in [0.29, 0.717) is 24.9 Å². The number of hydrogen-bond acceptors (Lipinski definition) is 3. The summed E-state index contributed by atoms with van der Waals surface area (Å²) in [5.74, 6) is -1.36. The Balaban J connectivity index is 3.02. The lowest BCUT2D eigenvalue weighted by Gasteiger charge is -2.31. The van der Waals surface area contributed by atoms with Crippen LogP contribution in [0.15, 0.2) is 18.2 Å². The van der Waals surface area contributed by atoms with Gasteiger partial charge in [-0.05, 0) is 37.0 Å². The second-order valence-corrected chi connectivity index (χ2v) is 7.26. The molecule has 0 heterocycles. The van der Waals surface area contributed by atoms with E-state index in [4.69, 9.17) is 16.7 Å². The number of benzene rings is 1. The van der Waals surface area contributed by atoms with Crippen molar-refractivity contribution >= 4 is 35.1 Å². The molecule has 0 aliphatic carbocycles. The van der Waals surface area contributed by atoms with Crippen LogP contribution < -0.4 is 10.6 Å². The van der Waals surface area contributed by atoms with Gasteiger partial charge in [-0.1, -0.05) is 39.3 Å². The van der Waals surface area contributed by atoms with E-state index in [9.17, 15) is 14.4 Å². The van der Waals surface area contributed by atoms with Crippen LogP contribution in [0.4, 0.5) is 5.69 Å². The maximum Gasteiger partial charge on any atom is 0.305 e. The standard InChI is InChI=1S/C19H27ClN2O4/c1-5-19(6-2,11-17(24)25)22-18(26)14-10-13(7-8-15(14)20)21-16(23)9-12(3)4/h7-8,10,12H,5-6,9,11H2,1-4H3,(H,21,23)(H,22,26)(H,24,25). The Hall–Kier alpha value is -2.08. The predicted molar refractivity (Wildman–Crippen MR) is 103 cm³/mol. The van der Waals surface area contributed by atoms with E-state index in [2.05, 4.69) is 10.6 Å². The number of carboxylic acid groups (broad SMARTS) is 1. The smallest absolute Gasteiger partial charge is 0.305 e. The number of hydrogen-bond donors (Lipinski definition) is 3. The van der Waals surface area contributed by atoms with Crippen LogP contribution in [-0.2, 0) is 9.59 Å². The maximum atomic E-state index is 12.7. The van der Waals surface area contributed by atoms with Gasteiger partial charge in [0.2, 0.25) is 5.91 Å². The monoisotopic (exact) mass is 382 g/mol. The van der Waals surface area contributed by atoms with E-state index in [1.807, 2.05) is 27.7 Å². The average molecular weight is 383 g/mol. The van der Waals surface area contributed by atoms with Gasteiger partial charge < -0.3 is 15.7 Å². The Labute approximate surface area is 159 Å². The summed E-state index contributed by atoms with van der Waals surface area (Å²) in [6.07, 6.45) is 1.15. The first-order valence-corrected chi connectivity index (χ1v) is 9.14. The number of nitrogens with one attached hydrogen (secondary N) is 2. The highest BCUT2D eigenvalue weighted by Crippen LogP contribution is 2.25. The third-order valence-corrected chi connectivity index (χ3v) is 4.64. The van der Waals surface area contributed by atoms with Gasteiger partial charge in [0.15, 0.2) is 0 Å². The molecule has 0 bridgehead atoms. The minimum atomic E-state index is -0.977. The summed E-state index contributed by atoms with van der Waals surface area (Å²) < 4.78 is 0. The highest BCUT2D eigenvalue weighted by molar-refractivity contribution is 6.34. The third kappa shape index (κ3) is 6.33. The number of rotatable bonds is 9. The largest absolute Gasteiger partial charge is 0.481 e. The van der Waals surface area contributed by atoms with Gasteiger partial charge in [-0.15, -0.1) is 0 Å². The van der Waals surface area contributed by atoms with Crippen molar-refractivity contribution in [3.8, 4) is 0 Å². The highest BCUT2D eigenvalue weighted by Gasteiger charge is 2.31. The lowest BCUT2D eigenvalue weighted by molar-refractivity contribution is -0.138. The highest BCUT2D eigenvalue weighted by atomic mass is 35.5. The Morgan fingerprint density at radius 2 is 1.81 bits per heavy atom. The molecule has 0 fully saturated rings. The predicted octanol–water partition coefficient (Wildman–Crippen LogP) is 4.09. The van der Waals surface area contributed by atoms with Crippen LogP contribution in [0.1, 0.15) is 63.7 Å². The molecule has 0 spiro atoms. The van der Waals surface area contributed by atoms with Crippen molar-refractivity contribution in [1.82, 2.24) is 5.32 Å². The molecule has 0 aliphatic rings. The molecule has 0 atom stereocenters. The normalized spacial score (nSPS) is 11.3. The van der Waals surface area contributed by atoms with Gasteiger partial charge in [-0.2, -0.15) is 0 Å². The molecule has 0 saturated carbocycles. The molecule has 0 saturated heterocycles. The maximum absolute atomic E-state index is 12.7. The fraction of sp³-hybridized carbons (Fsp3) is 0.526. The van der Waals surface area contributed by atoms with Gasteiger partial charge in [0.25, 0.3) is 5.91 Å². The molecule has 1 aromatic carbocycles.